The molecule has 1 aliphatic rings. The Morgan fingerprint density at radius 3 is 2.93 bits per heavy atom. The summed E-state index contributed by atoms with van der Waals surface area (Å²) in [6, 6.07) is 2.57. The van der Waals surface area contributed by atoms with E-state index in [0.29, 0.717) is 18.7 Å². The van der Waals surface area contributed by atoms with Gasteiger partial charge in [-0.15, -0.1) is 0 Å². The van der Waals surface area contributed by atoms with E-state index in [-0.39, 0.29) is 5.91 Å². The lowest BCUT2D eigenvalue weighted by Gasteiger charge is -2.25. The number of amides is 1. The highest BCUT2D eigenvalue weighted by molar-refractivity contribution is 5.93. The molecule has 4 nitrogen and oxygen atoms in total. The predicted octanol–water partition coefficient (Wildman–Crippen LogP) is 1.39. The first-order chi connectivity index (χ1) is 7.27. The SMILES string of the molecule is O=C(c1ccc(F)nc1)N1CCCCO1. The van der Waals surface area contributed by atoms with Crippen molar-refractivity contribution in [3.8, 4) is 0 Å². The third-order valence-corrected chi connectivity index (χ3v) is 2.20. The Kier molecular flexibility index (Phi) is 2.91. The first-order valence-corrected chi connectivity index (χ1v) is 4.84. The van der Waals surface area contributed by atoms with Crippen LogP contribution in [0.15, 0.2) is 18.3 Å². The minimum Gasteiger partial charge on any atom is -0.271 e. The zero-order valence-corrected chi connectivity index (χ0v) is 8.15. The maximum Gasteiger partial charge on any atom is 0.278 e. The Bertz CT molecular complexity index is 347. The van der Waals surface area contributed by atoms with Gasteiger partial charge in [0, 0.05) is 12.7 Å². The summed E-state index contributed by atoms with van der Waals surface area (Å²) in [6.07, 6.45) is 3.11. The molecule has 80 valence electrons. The molecule has 1 aromatic heterocycles. The van der Waals surface area contributed by atoms with E-state index in [0.717, 1.165) is 18.9 Å². The van der Waals surface area contributed by atoms with Gasteiger partial charge in [0.05, 0.1) is 12.2 Å². The molecular formula is C10H11FN2O2. The molecule has 1 fully saturated rings. The summed E-state index contributed by atoms with van der Waals surface area (Å²) < 4.78 is 12.5. The van der Waals surface area contributed by atoms with Gasteiger partial charge in [-0.1, -0.05) is 0 Å². The van der Waals surface area contributed by atoms with Crippen LogP contribution in [0.3, 0.4) is 0 Å². The summed E-state index contributed by atoms with van der Waals surface area (Å²) in [7, 11) is 0. The molecule has 0 saturated carbocycles. The lowest BCUT2D eigenvalue weighted by Crippen LogP contribution is -2.35. The lowest BCUT2D eigenvalue weighted by molar-refractivity contribution is -0.144. The quantitative estimate of drug-likeness (QED) is 0.658. The van der Waals surface area contributed by atoms with E-state index in [2.05, 4.69) is 4.98 Å². The Hall–Kier alpha value is -1.49. The number of hydrogen-bond acceptors (Lipinski definition) is 3. The molecule has 0 atom stereocenters. The van der Waals surface area contributed by atoms with E-state index in [1.165, 1.54) is 17.3 Å². The van der Waals surface area contributed by atoms with E-state index in [4.69, 9.17) is 4.84 Å². The molecule has 1 saturated heterocycles. The predicted molar refractivity (Wildman–Crippen MR) is 50.4 cm³/mol. The Morgan fingerprint density at radius 2 is 2.33 bits per heavy atom. The summed E-state index contributed by atoms with van der Waals surface area (Å²) in [6.45, 7) is 1.14. The first-order valence-electron chi connectivity index (χ1n) is 4.84. The zero-order chi connectivity index (χ0) is 10.7. The molecular weight excluding hydrogens is 199 g/mol. The molecule has 0 aromatic carbocycles. The number of carbonyl (C=O) groups excluding carboxylic acids is 1. The van der Waals surface area contributed by atoms with Crippen molar-refractivity contribution in [2.24, 2.45) is 0 Å². The third kappa shape index (κ3) is 2.30. The van der Waals surface area contributed by atoms with Gasteiger partial charge in [-0.05, 0) is 25.0 Å². The van der Waals surface area contributed by atoms with Crippen molar-refractivity contribution in [3.05, 3.63) is 29.8 Å². The van der Waals surface area contributed by atoms with Crippen LogP contribution in [0.1, 0.15) is 23.2 Å². The van der Waals surface area contributed by atoms with Crippen LogP contribution >= 0.6 is 0 Å². The van der Waals surface area contributed by atoms with Crippen molar-refractivity contribution in [2.75, 3.05) is 13.2 Å². The van der Waals surface area contributed by atoms with Crippen molar-refractivity contribution in [3.63, 3.8) is 0 Å². The number of pyridine rings is 1. The molecule has 1 aromatic rings. The number of carbonyl (C=O) groups is 1. The Morgan fingerprint density at radius 1 is 1.47 bits per heavy atom. The van der Waals surface area contributed by atoms with Gasteiger partial charge in [0.15, 0.2) is 0 Å². The number of nitrogens with zero attached hydrogens (tertiary/aromatic N) is 2. The number of hydrogen-bond donors (Lipinski definition) is 0. The highest BCUT2D eigenvalue weighted by Crippen LogP contribution is 2.10. The van der Waals surface area contributed by atoms with Crippen molar-refractivity contribution >= 4 is 5.91 Å². The van der Waals surface area contributed by atoms with Crippen LogP contribution in [0.25, 0.3) is 0 Å². The second kappa shape index (κ2) is 4.35. The molecule has 0 aliphatic carbocycles. The highest BCUT2D eigenvalue weighted by Gasteiger charge is 2.19. The van der Waals surface area contributed by atoms with E-state index in [9.17, 15) is 9.18 Å². The number of halogens is 1. The van der Waals surface area contributed by atoms with Gasteiger partial charge in [-0.2, -0.15) is 4.39 Å². The first kappa shape index (κ1) is 10.0. The van der Waals surface area contributed by atoms with Gasteiger partial charge in [-0.25, -0.2) is 10.0 Å². The van der Waals surface area contributed by atoms with Crippen molar-refractivity contribution in [2.45, 2.75) is 12.8 Å². The maximum absolute atomic E-state index is 12.5. The molecule has 0 bridgehead atoms. The fraction of sp³-hybridized carbons (Fsp3) is 0.400. The third-order valence-electron chi connectivity index (χ3n) is 2.20. The number of aromatic nitrogens is 1. The monoisotopic (exact) mass is 210 g/mol. The maximum atomic E-state index is 12.5. The normalized spacial score (nSPS) is 16.5. The minimum atomic E-state index is -0.592. The van der Waals surface area contributed by atoms with Gasteiger partial charge in [0.2, 0.25) is 5.95 Å². The van der Waals surface area contributed by atoms with Crippen LogP contribution in [-0.2, 0) is 4.84 Å². The van der Waals surface area contributed by atoms with Gasteiger partial charge in [0.1, 0.15) is 0 Å². The summed E-state index contributed by atoms with van der Waals surface area (Å²) >= 11 is 0. The van der Waals surface area contributed by atoms with Crippen LogP contribution in [0.4, 0.5) is 4.39 Å². The largest absolute Gasteiger partial charge is 0.278 e. The van der Waals surface area contributed by atoms with Crippen LogP contribution in [0.2, 0.25) is 0 Å². The summed E-state index contributed by atoms with van der Waals surface area (Å²) in [5.41, 5.74) is 0.346. The Balaban J connectivity index is 2.09. The van der Waals surface area contributed by atoms with Crippen molar-refractivity contribution in [1.29, 1.82) is 0 Å². The van der Waals surface area contributed by atoms with Crippen LogP contribution in [0.5, 0.6) is 0 Å². The molecule has 2 heterocycles. The second-order valence-corrected chi connectivity index (χ2v) is 3.32. The molecule has 0 spiro atoms. The number of rotatable bonds is 1. The smallest absolute Gasteiger partial charge is 0.271 e. The Labute approximate surface area is 86.6 Å². The van der Waals surface area contributed by atoms with Gasteiger partial charge in [0.25, 0.3) is 5.91 Å². The van der Waals surface area contributed by atoms with E-state index in [1.807, 2.05) is 0 Å². The average molecular weight is 210 g/mol. The fourth-order valence-electron chi connectivity index (χ4n) is 1.40. The molecule has 0 N–H and O–H groups in total. The summed E-state index contributed by atoms with van der Waals surface area (Å²) in [5, 5.41) is 1.30. The summed E-state index contributed by atoms with van der Waals surface area (Å²) in [4.78, 5) is 20.4. The molecule has 1 amide bonds. The van der Waals surface area contributed by atoms with Crippen molar-refractivity contribution in [1.82, 2.24) is 10.0 Å². The van der Waals surface area contributed by atoms with Crippen LogP contribution in [-0.4, -0.2) is 29.1 Å². The lowest BCUT2D eigenvalue weighted by atomic mass is 10.2. The van der Waals surface area contributed by atoms with Crippen molar-refractivity contribution < 1.29 is 14.0 Å². The summed E-state index contributed by atoms with van der Waals surface area (Å²) in [5.74, 6) is -0.853. The molecule has 2 rings (SSSR count). The van der Waals surface area contributed by atoms with Gasteiger partial charge in [-0.3, -0.25) is 9.63 Å². The highest BCUT2D eigenvalue weighted by atomic mass is 19.1. The molecule has 0 radical (unpaired) electrons. The topological polar surface area (TPSA) is 42.4 Å². The second-order valence-electron chi connectivity index (χ2n) is 3.32. The molecule has 0 unspecified atom stereocenters. The van der Waals surface area contributed by atoms with Crippen LogP contribution in [0, 0.1) is 5.95 Å². The zero-order valence-electron chi connectivity index (χ0n) is 8.15. The van der Waals surface area contributed by atoms with Gasteiger partial charge >= 0.3 is 0 Å². The molecule has 1 aliphatic heterocycles. The van der Waals surface area contributed by atoms with E-state index >= 15 is 0 Å². The minimum absolute atomic E-state index is 0.262. The molecule has 5 heteroatoms. The fourth-order valence-corrected chi connectivity index (χ4v) is 1.40. The standard InChI is InChI=1S/C10H11FN2O2/c11-9-4-3-8(7-12-9)10(14)13-5-1-2-6-15-13/h3-4,7H,1-2,5-6H2. The van der Waals surface area contributed by atoms with E-state index < -0.39 is 5.95 Å². The van der Waals surface area contributed by atoms with Crippen LogP contribution < -0.4 is 0 Å². The number of hydroxylamine groups is 2. The molecule has 15 heavy (non-hydrogen) atoms. The average Bonchev–Trinajstić information content (AvgIpc) is 2.30. The van der Waals surface area contributed by atoms with E-state index in [1.54, 1.807) is 0 Å². The van der Waals surface area contributed by atoms with Gasteiger partial charge < -0.3 is 0 Å².